The number of benzene rings is 2. The molecule has 2 aromatic carbocycles. The molecule has 6 N–H and O–H groups in total. The van der Waals surface area contributed by atoms with Gasteiger partial charge in [0.2, 0.25) is 23.6 Å². The maximum atomic E-state index is 14.4. The molecule has 3 aliphatic rings. The molecular formula is C38H50N8O5. The molecule has 1 saturated carbocycles. The Kier molecular flexibility index (Phi) is 10.6. The van der Waals surface area contributed by atoms with Gasteiger partial charge in [-0.15, -0.1) is 5.10 Å². The Hall–Kier alpha value is -4.62. The molecule has 4 amide bonds. The van der Waals surface area contributed by atoms with E-state index in [1.165, 1.54) is 4.90 Å². The van der Waals surface area contributed by atoms with E-state index in [2.05, 4.69) is 26.3 Å². The summed E-state index contributed by atoms with van der Waals surface area (Å²) in [6, 6.07) is 15.0. The maximum absolute atomic E-state index is 14.4. The van der Waals surface area contributed by atoms with Gasteiger partial charge in [-0.3, -0.25) is 19.2 Å². The lowest BCUT2D eigenvalue weighted by Crippen LogP contribution is -2.55. The van der Waals surface area contributed by atoms with Crippen LogP contribution in [0.2, 0.25) is 0 Å². The Morgan fingerprint density at radius 2 is 1.65 bits per heavy atom. The number of rotatable bonds is 4. The van der Waals surface area contributed by atoms with Crippen LogP contribution in [-0.4, -0.2) is 93.0 Å². The number of nitrogens with one attached hydrogen (secondary N) is 3. The molecule has 272 valence electrons. The number of hydrogen-bond donors (Lipinski definition) is 5. The van der Waals surface area contributed by atoms with Gasteiger partial charge in [-0.2, -0.15) is 0 Å². The van der Waals surface area contributed by atoms with Crippen LogP contribution < -0.4 is 21.7 Å². The lowest BCUT2D eigenvalue weighted by atomic mass is 9.85. The Morgan fingerprint density at radius 1 is 0.941 bits per heavy atom. The number of amides is 4. The second-order valence-corrected chi connectivity index (χ2v) is 15.4. The molecule has 5 atom stereocenters. The molecule has 1 spiro atoms. The van der Waals surface area contributed by atoms with Crippen molar-refractivity contribution in [2.75, 3.05) is 26.2 Å². The van der Waals surface area contributed by atoms with E-state index in [4.69, 9.17) is 5.73 Å². The molecule has 0 unspecified atom stereocenters. The van der Waals surface area contributed by atoms with Crippen LogP contribution in [0.3, 0.4) is 0 Å². The number of aliphatic hydroxyl groups is 1. The van der Waals surface area contributed by atoms with Gasteiger partial charge >= 0.3 is 0 Å². The van der Waals surface area contributed by atoms with Gasteiger partial charge in [0.05, 0.1) is 23.9 Å². The van der Waals surface area contributed by atoms with Crippen LogP contribution in [0.4, 0.5) is 0 Å². The number of aromatic nitrogens is 3. The van der Waals surface area contributed by atoms with Crippen LogP contribution in [0.5, 0.6) is 0 Å². The molecule has 3 aromatic rings. The average molecular weight is 699 g/mol. The first-order valence-corrected chi connectivity index (χ1v) is 18.0. The summed E-state index contributed by atoms with van der Waals surface area (Å²) in [4.78, 5) is 56.8. The van der Waals surface area contributed by atoms with Crippen LogP contribution in [0.15, 0.2) is 60.8 Å². The maximum Gasteiger partial charge on any atom is 0.248 e. The lowest BCUT2D eigenvalue weighted by molar-refractivity contribution is -0.144. The predicted molar refractivity (Wildman–Crippen MR) is 191 cm³/mol. The third-order valence-corrected chi connectivity index (χ3v) is 10.5. The second-order valence-electron chi connectivity index (χ2n) is 15.4. The quantitative estimate of drug-likeness (QED) is 0.273. The van der Waals surface area contributed by atoms with E-state index < -0.39 is 41.5 Å². The molecule has 51 heavy (non-hydrogen) atoms. The van der Waals surface area contributed by atoms with Crippen LogP contribution in [0.25, 0.3) is 11.1 Å². The monoisotopic (exact) mass is 698 g/mol. The van der Waals surface area contributed by atoms with Crippen molar-refractivity contribution < 1.29 is 24.3 Å². The molecular weight excluding hydrogens is 648 g/mol. The summed E-state index contributed by atoms with van der Waals surface area (Å²) in [6.07, 6.45) is 3.74. The van der Waals surface area contributed by atoms with Gasteiger partial charge < -0.3 is 31.7 Å². The van der Waals surface area contributed by atoms with Crippen molar-refractivity contribution in [3.63, 3.8) is 0 Å². The molecule has 13 heteroatoms. The molecule has 1 aromatic heterocycles. The number of nitrogens with zero attached hydrogens (tertiary/aromatic N) is 4. The van der Waals surface area contributed by atoms with Gasteiger partial charge in [-0.1, -0.05) is 80.6 Å². The number of nitrogens with two attached hydrogens (primary N) is 1. The fourth-order valence-electron chi connectivity index (χ4n) is 7.28. The van der Waals surface area contributed by atoms with Gasteiger partial charge in [-0.25, -0.2) is 4.68 Å². The second kappa shape index (κ2) is 14.9. The van der Waals surface area contributed by atoms with Crippen molar-refractivity contribution in [1.29, 1.82) is 0 Å². The average Bonchev–Trinajstić information content (AvgIpc) is 3.55. The third-order valence-electron chi connectivity index (χ3n) is 10.5. The van der Waals surface area contributed by atoms with E-state index in [1.54, 1.807) is 10.9 Å². The van der Waals surface area contributed by atoms with E-state index in [0.29, 0.717) is 25.1 Å². The topological polar surface area (TPSA) is 185 Å². The molecule has 2 bridgehead atoms. The Bertz CT molecular complexity index is 1720. The van der Waals surface area contributed by atoms with E-state index in [0.717, 1.165) is 29.5 Å². The highest BCUT2D eigenvalue weighted by Crippen LogP contribution is 2.47. The van der Waals surface area contributed by atoms with E-state index in [-0.39, 0.29) is 55.6 Å². The van der Waals surface area contributed by atoms with Gasteiger partial charge in [-0.05, 0) is 47.8 Å². The van der Waals surface area contributed by atoms with Crippen LogP contribution in [0.1, 0.15) is 70.2 Å². The standard InChI is InChI=1S/C38H50N8O5/c1-37(2,3)32-36(51)45-21-28(47)19-30(45)35(50)42-29(18-24-11-13-26(14-12-24)25-8-5-4-6-9-25)34(49)40-17-7-10-27(20-39)33(48)41-23-38(15-16-38)31-22-46(32)44-43-31/h4-6,8-9,11-14,22,27-30,32,47H,7,10,15-21,23,39H2,1-3H3,(H,40,49)(H,41,48)(H,42,50)/t27-,28-,29-,30+,32-/m1/s1. The Morgan fingerprint density at radius 3 is 2.31 bits per heavy atom. The highest BCUT2D eigenvalue weighted by Gasteiger charge is 2.49. The summed E-state index contributed by atoms with van der Waals surface area (Å²) in [6.45, 7) is 6.55. The van der Waals surface area contributed by atoms with Crippen LogP contribution in [-0.2, 0) is 31.0 Å². The number of aliphatic hydroxyl groups excluding tert-OH is 1. The van der Waals surface area contributed by atoms with Gasteiger partial charge in [0.15, 0.2) is 0 Å². The zero-order valence-corrected chi connectivity index (χ0v) is 29.7. The molecule has 0 radical (unpaired) electrons. The van der Waals surface area contributed by atoms with Crippen LogP contribution >= 0.6 is 0 Å². The van der Waals surface area contributed by atoms with Crippen LogP contribution in [0, 0.1) is 11.3 Å². The number of carbonyl (C=O) groups excluding carboxylic acids is 4. The minimum absolute atomic E-state index is 0.0266. The minimum Gasteiger partial charge on any atom is -0.391 e. The predicted octanol–water partition coefficient (Wildman–Crippen LogP) is 1.85. The largest absolute Gasteiger partial charge is 0.391 e. The summed E-state index contributed by atoms with van der Waals surface area (Å²) >= 11 is 0. The number of hydrogen-bond acceptors (Lipinski definition) is 8. The summed E-state index contributed by atoms with van der Waals surface area (Å²) in [5, 5.41) is 28.6. The third kappa shape index (κ3) is 8.15. The van der Waals surface area contributed by atoms with E-state index >= 15 is 0 Å². The zero-order valence-electron chi connectivity index (χ0n) is 29.7. The first-order chi connectivity index (χ1) is 24.4. The molecule has 6 rings (SSSR count). The fourth-order valence-corrected chi connectivity index (χ4v) is 7.28. The van der Waals surface area contributed by atoms with Crippen molar-refractivity contribution in [2.24, 2.45) is 17.1 Å². The van der Waals surface area contributed by atoms with Gasteiger partial charge in [0, 0.05) is 44.4 Å². The van der Waals surface area contributed by atoms with Gasteiger partial charge in [0.25, 0.3) is 0 Å². The number of fused-ring (bicyclic) bond motifs is 4. The minimum atomic E-state index is -0.989. The molecule has 2 fully saturated rings. The summed E-state index contributed by atoms with van der Waals surface area (Å²) < 4.78 is 1.55. The smallest absolute Gasteiger partial charge is 0.248 e. The Balaban J connectivity index is 1.30. The highest BCUT2D eigenvalue weighted by molar-refractivity contribution is 5.93. The zero-order chi connectivity index (χ0) is 36.3. The van der Waals surface area contributed by atoms with Crippen molar-refractivity contribution >= 4 is 23.6 Å². The lowest BCUT2D eigenvalue weighted by Gasteiger charge is -2.35. The SMILES string of the molecule is CC(C)(C)[C@H]1C(=O)N2C[C@H](O)C[C@H]2C(=O)N[C@H](Cc2ccc(-c3ccccc3)cc2)C(=O)NCCC[C@H](CN)C(=O)NCC2(CC2)c2cn1nn2. The molecule has 13 nitrogen and oxygen atoms in total. The van der Waals surface area contributed by atoms with Gasteiger partial charge in [0.1, 0.15) is 18.1 Å². The first-order valence-electron chi connectivity index (χ1n) is 18.0. The van der Waals surface area contributed by atoms with E-state index in [9.17, 15) is 24.3 Å². The van der Waals surface area contributed by atoms with Crippen molar-refractivity contribution in [3.05, 3.63) is 72.1 Å². The number of carbonyl (C=O) groups is 4. The Labute approximate surface area is 298 Å². The van der Waals surface area contributed by atoms with Crippen molar-refractivity contribution in [3.8, 4) is 11.1 Å². The summed E-state index contributed by atoms with van der Waals surface area (Å²) in [5.41, 5.74) is 8.62. The molecule has 2 aliphatic heterocycles. The van der Waals surface area contributed by atoms with Crippen molar-refractivity contribution in [1.82, 2.24) is 35.8 Å². The summed E-state index contributed by atoms with van der Waals surface area (Å²) in [5.74, 6) is -1.85. The van der Waals surface area contributed by atoms with Crippen molar-refractivity contribution in [2.45, 2.75) is 88.9 Å². The normalized spacial score (nSPS) is 26.2. The first kappa shape index (κ1) is 36.2. The molecule has 1 aliphatic carbocycles. The van der Waals surface area contributed by atoms with E-state index in [1.807, 2.05) is 75.4 Å². The molecule has 3 heterocycles. The fraction of sp³-hybridized carbons (Fsp3) is 0.526. The molecule has 1 saturated heterocycles. The highest BCUT2D eigenvalue weighted by atomic mass is 16.3. The summed E-state index contributed by atoms with van der Waals surface area (Å²) in [7, 11) is 0.